The lowest BCUT2D eigenvalue weighted by Gasteiger charge is -2.20. The summed E-state index contributed by atoms with van der Waals surface area (Å²) in [7, 11) is 1.89. The predicted molar refractivity (Wildman–Crippen MR) is 195 cm³/mol. The van der Waals surface area contributed by atoms with Crippen LogP contribution in [0.15, 0.2) is 110 Å². The van der Waals surface area contributed by atoms with Crippen LogP contribution in [0.5, 0.6) is 0 Å². The van der Waals surface area contributed by atoms with Gasteiger partial charge in [-0.15, -0.1) is 0 Å². The van der Waals surface area contributed by atoms with Gasteiger partial charge in [0, 0.05) is 61.3 Å². The number of esters is 2. The van der Waals surface area contributed by atoms with Gasteiger partial charge in [-0.3, -0.25) is 20.2 Å². The summed E-state index contributed by atoms with van der Waals surface area (Å²) in [6, 6.07) is 25.3. The Balaban J connectivity index is 1.34. The van der Waals surface area contributed by atoms with Crippen molar-refractivity contribution >= 4 is 53.6 Å². The Labute approximate surface area is 295 Å². The van der Waals surface area contributed by atoms with E-state index in [9.17, 15) is 29.8 Å². The van der Waals surface area contributed by atoms with Crippen molar-refractivity contribution in [1.29, 1.82) is 0 Å². The number of nitro groups is 2. The first kappa shape index (κ1) is 37.1. The van der Waals surface area contributed by atoms with Gasteiger partial charge in [0.15, 0.2) is 6.54 Å². The highest BCUT2D eigenvalue weighted by molar-refractivity contribution is 5.82. The van der Waals surface area contributed by atoms with Crippen LogP contribution < -0.4 is 4.90 Å². The van der Waals surface area contributed by atoms with Crippen molar-refractivity contribution in [2.75, 3.05) is 11.9 Å². The van der Waals surface area contributed by atoms with E-state index in [2.05, 4.69) is 13.3 Å². The molecular weight excluding hydrogens is 652 g/mol. The Hall–Kier alpha value is -6.69. The van der Waals surface area contributed by atoms with E-state index in [0.717, 1.165) is 34.1 Å². The number of nitro benzene ring substituents is 2. The highest BCUT2D eigenvalue weighted by Crippen LogP contribution is 2.26. The Bertz CT molecular complexity index is 2000. The standard InChI is InChI=1S/C39H37N4O8/c1-5-7-39(45)51-27-33-17-11-31(23-37(33)43(48)49)25-41(4)35-20-14-29(15-21-35)9-8-28-12-18-34(19-13-28)40(3)24-30-10-16-32(26-50-38(44)6-2)36(22-30)42(46)47/h5-23H,2,4,24-27H2,1,3H3/q+1. The first-order chi connectivity index (χ1) is 24.5. The van der Waals surface area contributed by atoms with Gasteiger partial charge in [0.05, 0.1) is 21.0 Å². The van der Waals surface area contributed by atoms with Gasteiger partial charge in [0.25, 0.3) is 11.4 Å². The maximum absolute atomic E-state index is 11.7. The maximum atomic E-state index is 11.7. The Morgan fingerprint density at radius 2 is 1.27 bits per heavy atom. The smallest absolute Gasteiger partial charge is 0.330 e. The van der Waals surface area contributed by atoms with Gasteiger partial charge in [0.2, 0.25) is 5.69 Å². The van der Waals surface area contributed by atoms with E-state index in [1.54, 1.807) is 35.8 Å². The summed E-state index contributed by atoms with van der Waals surface area (Å²) in [6.07, 6.45) is 7.76. The molecule has 0 aliphatic heterocycles. The Morgan fingerprint density at radius 1 is 0.765 bits per heavy atom. The molecule has 0 spiro atoms. The van der Waals surface area contributed by atoms with Gasteiger partial charge in [-0.1, -0.05) is 49.1 Å². The summed E-state index contributed by atoms with van der Waals surface area (Å²) in [6.45, 7) is 9.44. The zero-order valence-electron chi connectivity index (χ0n) is 28.3. The third kappa shape index (κ3) is 10.6. The second-order valence-electron chi connectivity index (χ2n) is 11.4. The second kappa shape index (κ2) is 17.6. The fourth-order valence-electron chi connectivity index (χ4n) is 5.05. The number of allylic oxidation sites excluding steroid dienone is 1. The van der Waals surface area contributed by atoms with Crippen molar-refractivity contribution in [3.63, 3.8) is 0 Å². The quantitative estimate of drug-likeness (QED) is 0.0220. The average Bonchev–Trinajstić information content (AvgIpc) is 3.13. The molecule has 4 aromatic carbocycles. The predicted octanol–water partition coefficient (Wildman–Crippen LogP) is 7.70. The van der Waals surface area contributed by atoms with Crippen LogP contribution >= 0.6 is 0 Å². The lowest BCUT2D eigenvalue weighted by molar-refractivity contribution is -0.448. The number of ether oxygens (including phenoxy) is 2. The highest BCUT2D eigenvalue weighted by atomic mass is 16.6. The molecule has 12 heteroatoms. The van der Waals surface area contributed by atoms with E-state index < -0.39 is 21.8 Å². The first-order valence-corrected chi connectivity index (χ1v) is 15.8. The van der Waals surface area contributed by atoms with E-state index in [1.807, 2.05) is 72.6 Å². The van der Waals surface area contributed by atoms with Gasteiger partial charge in [-0.2, -0.15) is 0 Å². The van der Waals surface area contributed by atoms with Crippen LogP contribution in [0.2, 0.25) is 0 Å². The average molecular weight is 690 g/mol. The number of rotatable bonds is 16. The highest BCUT2D eigenvalue weighted by Gasteiger charge is 2.19. The molecule has 0 unspecified atom stereocenters. The molecular formula is C39H37N4O8+. The van der Waals surface area contributed by atoms with Crippen LogP contribution in [0.3, 0.4) is 0 Å². The largest absolute Gasteiger partial charge is 0.457 e. The number of carbonyl (C=O) groups excluding carboxylic acids is 2. The summed E-state index contributed by atoms with van der Waals surface area (Å²) in [5.41, 5.74) is 5.46. The molecule has 0 atom stereocenters. The van der Waals surface area contributed by atoms with E-state index in [0.29, 0.717) is 29.8 Å². The van der Waals surface area contributed by atoms with Gasteiger partial charge < -0.3 is 14.4 Å². The number of hydrogen-bond acceptors (Lipinski definition) is 9. The third-order valence-corrected chi connectivity index (χ3v) is 7.76. The van der Waals surface area contributed by atoms with Crippen molar-refractivity contribution in [2.45, 2.75) is 33.2 Å². The minimum atomic E-state index is -0.651. The summed E-state index contributed by atoms with van der Waals surface area (Å²) in [5.74, 6) is -1.22. The number of nitrogens with zero attached hydrogens (tertiary/aromatic N) is 4. The van der Waals surface area contributed by atoms with Crippen LogP contribution in [0.25, 0.3) is 12.2 Å². The molecule has 0 heterocycles. The Morgan fingerprint density at radius 3 is 1.80 bits per heavy atom. The monoisotopic (exact) mass is 689 g/mol. The van der Waals surface area contributed by atoms with Crippen LogP contribution in [0, 0.1) is 20.2 Å². The summed E-state index contributed by atoms with van der Waals surface area (Å²) in [5, 5.41) is 23.3. The number of carbonyl (C=O) groups is 2. The molecule has 0 amide bonds. The lowest BCUT2D eigenvalue weighted by atomic mass is 10.1. The van der Waals surface area contributed by atoms with Crippen molar-refractivity contribution in [1.82, 2.24) is 0 Å². The zero-order chi connectivity index (χ0) is 36.9. The van der Waals surface area contributed by atoms with Crippen molar-refractivity contribution < 1.29 is 33.5 Å². The van der Waals surface area contributed by atoms with Gasteiger partial charge >= 0.3 is 11.9 Å². The molecule has 0 aliphatic carbocycles. The number of anilines is 1. The summed E-state index contributed by atoms with van der Waals surface area (Å²) in [4.78, 5) is 47.3. The van der Waals surface area contributed by atoms with Gasteiger partial charge in [-0.05, 0) is 60.0 Å². The van der Waals surface area contributed by atoms with E-state index in [-0.39, 0.29) is 24.6 Å². The van der Waals surface area contributed by atoms with E-state index >= 15 is 0 Å². The fraction of sp³-hybridized carbons (Fsp3) is 0.154. The molecule has 260 valence electrons. The molecule has 0 N–H and O–H groups in total. The molecule has 4 rings (SSSR count). The minimum absolute atomic E-state index is 0.117. The molecule has 0 radical (unpaired) electrons. The normalized spacial score (nSPS) is 10.9. The molecule has 0 fully saturated rings. The van der Waals surface area contributed by atoms with Gasteiger partial charge in [-0.25, -0.2) is 14.2 Å². The van der Waals surface area contributed by atoms with Crippen LogP contribution in [-0.2, 0) is 45.4 Å². The Kier molecular flexibility index (Phi) is 12.8. The number of hydrogen-bond donors (Lipinski definition) is 0. The molecule has 0 saturated carbocycles. The van der Waals surface area contributed by atoms with Crippen LogP contribution in [0.1, 0.15) is 40.3 Å². The lowest BCUT2D eigenvalue weighted by Crippen LogP contribution is -2.16. The molecule has 0 saturated heterocycles. The molecule has 0 aromatic heterocycles. The third-order valence-electron chi connectivity index (χ3n) is 7.76. The molecule has 0 aliphatic rings. The molecule has 51 heavy (non-hydrogen) atoms. The first-order valence-electron chi connectivity index (χ1n) is 15.8. The fourth-order valence-corrected chi connectivity index (χ4v) is 5.05. The minimum Gasteiger partial charge on any atom is -0.457 e. The summed E-state index contributed by atoms with van der Waals surface area (Å²) >= 11 is 0. The van der Waals surface area contributed by atoms with Crippen LogP contribution in [-0.4, -0.2) is 40.1 Å². The zero-order valence-corrected chi connectivity index (χ0v) is 28.3. The van der Waals surface area contributed by atoms with Gasteiger partial charge in [0.1, 0.15) is 19.9 Å². The van der Waals surface area contributed by atoms with Crippen molar-refractivity contribution in [3.05, 3.63) is 163 Å². The van der Waals surface area contributed by atoms with Crippen molar-refractivity contribution in [2.24, 2.45) is 0 Å². The summed E-state index contributed by atoms with van der Waals surface area (Å²) < 4.78 is 11.8. The van der Waals surface area contributed by atoms with Crippen molar-refractivity contribution in [3.8, 4) is 0 Å². The van der Waals surface area contributed by atoms with Crippen LogP contribution in [0.4, 0.5) is 22.7 Å². The number of benzene rings is 4. The second-order valence-corrected chi connectivity index (χ2v) is 11.4. The van der Waals surface area contributed by atoms with E-state index in [4.69, 9.17) is 9.47 Å². The molecule has 4 aromatic rings. The SMILES string of the molecule is C=CC(=O)OCc1ccc(CN(C)c2ccc(C=Cc3ccc([N+](=C)Cc4ccc(COC(=O)C=CC)c([N+](=O)[O-])c4)cc3)cc2)cc1[N+](=O)[O-]. The van der Waals surface area contributed by atoms with E-state index in [1.165, 1.54) is 24.3 Å². The molecule has 12 nitrogen and oxygen atoms in total. The molecule has 0 bridgehead atoms. The topological polar surface area (TPSA) is 145 Å². The maximum Gasteiger partial charge on any atom is 0.330 e.